The van der Waals surface area contributed by atoms with Crippen molar-refractivity contribution in [2.75, 3.05) is 11.7 Å². The summed E-state index contributed by atoms with van der Waals surface area (Å²) in [6, 6.07) is 18.0. The molecular formula is C25H17ClN2O6. The van der Waals surface area contributed by atoms with E-state index >= 15 is 0 Å². The van der Waals surface area contributed by atoms with Gasteiger partial charge in [0.05, 0.1) is 5.69 Å². The Morgan fingerprint density at radius 2 is 1.74 bits per heavy atom. The van der Waals surface area contributed by atoms with Crippen LogP contribution in [0.15, 0.2) is 72.3 Å². The van der Waals surface area contributed by atoms with Gasteiger partial charge >= 0.3 is 6.03 Å². The molecule has 1 N–H and O–H groups in total. The summed E-state index contributed by atoms with van der Waals surface area (Å²) in [6.07, 6.45) is 1.40. The molecule has 0 spiro atoms. The second kappa shape index (κ2) is 8.92. The number of nitrogens with zero attached hydrogens (tertiary/aromatic N) is 1. The van der Waals surface area contributed by atoms with Crippen molar-refractivity contribution >= 4 is 41.2 Å². The summed E-state index contributed by atoms with van der Waals surface area (Å²) >= 11 is 5.92. The van der Waals surface area contributed by atoms with Crippen LogP contribution in [-0.4, -0.2) is 24.6 Å². The van der Waals surface area contributed by atoms with E-state index in [0.717, 1.165) is 10.5 Å². The van der Waals surface area contributed by atoms with E-state index in [1.807, 2.05) is 12.1 Å². The Morgan fingerprint density at radius 3 is 2.56 bits per heavy atom. The summed E-state index contributed by atoms with van der Waals surface area (Å²) in [6.45, 7) is 0.314. The molecule has 1 saturated heterocycles. The van der Waals surface area contributed by atoms with Crippen LogP contribution in [0.1, 0.15) is 11.1 Å². The van der Waals surface area contributed by atoms with E-state index in [2.05, 4.69) is 5.32 Å². The van der Waals surface area contributed by atoms with Crippen LogP contribution in [0.25, 0.3) is 6.08 Å². The number of ether oxygens (including phenoxy) is 3. The van der Waals surface area contributed by atoms with Crippen LogP contribution in [-0.2, 0) is 16.2 Å². The molecule has 9 heteroatoms. The Balaban J connectivity index is 1.43. The molecule has 0 radical (unpaired) electrons. The predicted octanol–water partition coefficient (Wildman–Crippen LogP) is 4.31. The van der Waals surface area contributed by atoms with Gasteiger partial charge in [-0.1, -0.05) is 41.9 Å². The van der Waals surface area contributed by atoms with Gasteiger partial charge in [-0.05, 0) is 42.0 Å². The Bertz CT molecular complexity index is 1340. The number of benzene rings is 3. The number of hydrogen-bond donors (Lipinski definition) is 1. The van der Waals surface area contributed by atoms with Crippen molar-refractivity contribution in [2.24, 2.45) is 0 Å². The molecule has 3 aromatic carbocycles. The highest BCUT2D eigenvalue weighted by atomic mass is 35.5. The summed E-state index contributed by atoms with van der Waals surface area (Å²) in [4.78, 5) is 39.2. The molecule has 4 amide bonds. The summed E-state index contributed by atoms with van der Waals surface area (Å²) in [5.41, 5.74) is 1.45. The first kappa shape index (κ1) is 21.5. The Labute approximate surface area is 199 Å². The maximum Gasteiger partial charge on any atom is 0.335 e. The van der Waals surface area contributed by atoms with Gasteiger partial charge in [0.1, 0.15) is 17.9 Å². The fraction of sp³-hybridized carbons (Fsp3) is 0.0800. The minimum atomic E-state index is -0.849. The zero-order chi connectivity index (χ0) is 23.7. The fourth-order valence-electron chi connectivity index (χ4n) is 3.54. The molecule has 0 aliphatic carbocycles. The number of carbonyl (C=O) groups excluding carboxylic acids is 3. The number of amides is 4. The summed E-state index contributed by atoms with van der Waals surface area (Å²) < 4.78 is 16.5. The van der Waals surface area contributed by atoms with Crippen LogP contribution in [0, 0.1) is 0 Å². The second-order valence-corrected chi connectivity index (χ2v) is 7.88. The molecule has 2 aliphatic rings. The highest BCUT2D eigenvalue weighted by Crippen LogP contribution is 2.36. The van der Waals surface area contributed by atoms with Crippen molar-refractivity contribution in [3.8, 4) is 17.2 Å². The van der Waals surface area contributed by atoms with Crippen molar-refractivity contribution in [1.29, 1.82) is 0 Å². The zero-order valence-corrected chi connectivity index (χ0v) is 18.4. The molecule has 3 aromatic rings. The highest BCUT2D eigenvalue weighted by Gasteiger charge is 2.37. The fourth-order valence-corrected chi connectivity index (χ4v) is 3.67. The number of rotatable bonds is 5. The summed E-state index contributed by atoms with van der Waals surface area (Å²) in [5.74, 6) is -0.176. The van der Waals surface area contributed by atoms with Crippen molar-refractivity contribution in [2.45, 2.75) is 6.61 Å². The van der Waals surface area contributed by atoms with E-state index in [0.29, 0.717) is 27.8 Å². The van der Waals surface area contributed by atoms with Crippen LogP contribution in [0.2, 0.25) is 5.02 Å². The van der Waals surface area contributed by atoms with E-state index in [-0.39, 0.29) is 24.7 Å². The molecule has 34 heavy (non-hydrogen) atoms. The maximum atomic E-state index is 13.2. The van der Waals surface area contributed by atoms with E-state index in [1.54, 1.807) is 48.5 Å². The Kier molecular flexibility index (Phi) is 5.65. The van der Waals surface area contributed by atoms with Gasteiger partial charge < -0.3 is 14.2 Å². The van der Waals surface area contributed by atoms with Gasteiger partial charge in [-0.15, -0.1) is 0 Å². The molecule has 2 aliphatic heterocycles. The molecule has 5 rings (SSSR count). The van der Waals surface area contributed by atoms with Crippen molar-refractivity contribution < 1.29 is 28.6 Å². The molecule has 0 aromatic heterocycles. The van der Waals surface area contributed by atoms with Gasteiger partial charge in [-0.2, -0.15) is 0 Å². The van der Waals surface area contributed by atoms with Crippen molar-refractivity contribution in [1.82, 2.24) is 5.32 Å². The van der Waals surface area contributed by atoms with Crippen LogP contribution in [0.4, 0.5) is 10.5 Å². The first-order valence-corrected chi connectivity index (χ1v) is 10.6. The number of halogens is 1. The highest BCUT2D eigenvalue weighted by molar-refractivity contribution is 6.39. The quantitative estimate of drug-likeness (QED) is 0.435. The summed E-state index contributed by atoms with van der Waals surface area (Å²) in [7, 11) is 0. The molecule has 0 unspecified atom stereocenters. The largest absolute Gasteiger partial charge is 0.488 e. The number of imide groups is 2. The van der Waals surface area contributed by atoms with Crippen LogP contribution in [0.5, 0.6) is 17.2 Å². The summed E-state index contributed by atoms with van der Waals surface area (Å²) in [5, 5.41) is 2.83. The molecule has 2 heterocycles. The minimum absolute atomic E-state index is 0.0510. The van der Waals surface area contributed by atoms with E-state index in [4.69, 9.17) is 25.8 Å². The van der Waals surface area contributed by atoms with Gasteiger partial charge in [0.2, 0.25) is 6.79 Å². The third-order valence-electron chi connectivity index (χ3n) is 5.24. The topological polar surface area (TPSA) is 94.2 Å². The average molecular weight is 477 g/mol. The van der Waals surface area contributed by atoms with Gasteiger partial charge in [0.25, 0.3) is 11.8 Å². The smallest absolute Gasteiger partial charge is 0.335 e. The number of anilines is 1. The predicted molar refractivity (Wildman–Crippen MR) is 124 cm³/mol. The van der Waals surface area contributed by atoms with Crippen molar-refractivity contribution in [3.05, 3.63) is 88.5 Å². The van der Waals surface area contributed by atoms with E-state index in [9.17, 15) is 14.4 Å². The first-order valence-electron chi connectivity index (χ1n) is 10.3. The number of para-hydroxylation sites is 1. The van der Waals surface area contributed by atoms with E-state index < -0.39 is 17.8 Å². The lowest BCUT2D eigenvalue weighted by Crippen LogP contribution is -2.54. The van der Waals surface area contributed by atoms with Gasteiger partial charge in [0.15, 0.2) is 11.5 Å². The van der Waals surface area contributed by atoms with Crippen LogP contribution >= 0.6 is 11.6 Å². The molecule has 170 valence electrons. The zero-order valence-electron chi connectivity index (χ0n) is 17.6. The van der Waals surface area contributed by atoms with Crippen molar-refractivity contribution in [3.63, 3.8) is 0 Å². The second-order valence-electron chi connectivity index (χ2n) is 7.45. The maximum absolute atomic E-state index is 13.2. The Morgan fingerprint density at radius 1 is 0.971 bits per heavy atom. The Hall–Kier alpha value is -4.30. The van der Waals surface area contributed by atoms with Crippen LogP contribution in [0.3, 0.4) is 0 Å². The molecule has 8 nitrogen and oxygen atoms in total. The number of hydrogen-bond acceptors (Lipinski definition) is 6. The number of urea groups is 1. The first-order chi connectivity index (χ1) is 16.5. The lowest BCUT2D eigenvalue weighted by Gasteiger charge is -2.26. The molecule has 1 fully saturated rings. The number of carbonyl (C=O) groups is 3. The van der Waals surface area contributed by atoms with Gasteiger partial charge in [0, 0.05) is 16.7 Å². The normalized spacial score (nSPS) is 16.1. The molecule has 0 saturated carbocycles. The third kappa shape index (κ3) is 4.18. The molecular weight excluding hydrogens is 460 g/mol. The molecule has 0 atom stereocenters. The number of nitrogens with one attached hydrogen (secondary N) is 1. The lowest BCUT2D eigenvalue weighted by molar-refractivity contribution is -0.122. The van der Waals surface area contributed by atoms with Gasteiger partial charge in [-0.3, -0.25) is 14.9 Å². The molecule has 0 bridgehead atoms. The standard InChI is InChI=1S/C25H17ClN2O6/c26-17-7-5-15(6-8-17)13-32-20-4-2-1-3-16(20)11-19-23(29)27-25(31)28(24(19)30)18-9-10-21-22(12-18)34-14-33-21/h1-12H,13-14H2,(H,27,29,31)/b19-11+. The average Bonchev–Trinajstić information content (AvgIpc) is 3.30. The number of fused-ring (bicyclic) bond motifs is 1. The van der Waals surface area contributed by atoms with E-state index in [1.165, 1.54) is 12.1 Å². The number of barbiturate groups is 1. The van der Waals surface area contributed by atoms with Crippen LogP contribution < -0.4 is 24.4 Å². The minimum Gasteiger partial charge on any atom is -0.488 e. The lowest BCUT2D eigenvalue weighted by atomic mass is 10.1. The monoisotopic (exact) mass is 476 g/mol. The van der Waals surface area contributed by atoms with Gasteiger partial charge in [-0.25, -0.2) is 9.69 Å². The SMILES string of the molecule is O=C1NC(=O)N(c2ccc3c(c2)OCO3)C(=O)/C1=C/c1ccccc1OCc1ccc(Cl)cc1. The third-order valence-corrected chi connectivity index (χ3v) is 5.49.